The van der Waals surface area contributed by atoms with Crippen molar-refractivity contribution in [3.8, 4) is 23.0 Å². The van der Waals surface area contributed by atoms with E-state index in [0.29, 0.717) is 22.8 Å². The number of ether oxygens (including phenoxy) is 1. The fourth-order valence-electron chi connectivity index (χ4n) is 2.77. The summed E-state index contributed by atoms with van der Waals surface area (Å²) in [7, 11) is 0. The van der Waals surface area contributed by atoms with Crippen LogP contribution in [0.3, 0.4) is 0 Å². The van der Waals surface area contributed by atoms with E-state index in [-0.39, 0.29) is 28.0 Å². The molecule has 1 N–H and O–H groups in total. The lowest BCUT2D eigenvalue weighted by Gasteiger charge is -2.19. The van der Waals surface area contributed by atoms with Gasteiger partial charge in [0.2, 0.25) is 17.2 Å². The number of aromatic carboxylic acids is 1. The molecular formula is C19H15Cl2N3O4. The molecule has 1 aromatic carbocycles. The second-order valence-electron chi connectivity index (χ2n) is 5.80. The number of hydrogen-bond acceptors (Lipinski definition) is 5. The summed E-state index contributed by atoms with van der Waals surface area (Å²) in [4.78, 5) is 32.6. The van der Waals surface area contributed by atoms with Gasteiger partial charge in [0.05, 0.1) is 21.4 Å². The molecule has 28 heavy (non-hydrogen) atoms. The molecule has 2 aromatic heterocycles. The summed E-state index contributed by atoms with van der Waals surface area (Å²) >= 11 is 12.1. The largest absolute Gasteiger partial charge is 0.477 e. The molecule has 0 atom stereocenters. The Morgan fingerprint density at radius 1 is 1.18 bits per heavy atom. The number of carboxylic acids is 1. The third-order valence-electron chi connectivity index (χ3n) is 4.03. The van der Waals surface area contributed by atoms with E-state index in [4.69, 9.17) is 27.9 Å². The smallest absolute Gasteiger partial charge is 0.341 e. The number of carbonyl (C=O) groups is 1. The predicted octanol–water partition coefficient (Wildman–Crippen LogP) is 4.43. The molecule has 0 amide bonds. The monoisotopic (exact) mass is 419 g/mol. The zero-order valence-corrected chi connectivity index (χ0v) is 16.5. The number of carboxylic acid groups (broad SMARTS) is 1. The average Bonchev–Trinajstić information content (AvgIpc) is 2.65. The standard InChI is InChI=1S/C19H15Cl2N3O4/c1-3-24-15(28-18-10(2)22-6-7-23-18)9-14(25)16(19(26)27)17(24)11-4-5-12(20)13(21)8-11/h4-9H,3H2,1-2H3,(H,26,27). The fourth-order valence-corrected chi connectivity index (χ4v) is 3.07. The van der Waals surface area contributed by atoms with Crippen LogP contribution in [0.2, 0.25) is 10.0 Å². The Morgan fingerprint density at radius 2 is 1.89 bits per heavy atom. The maximum atomic E-state index is 12.6. The Morgan fingerprint density at radius 3 is 2.50 bits per heavy atom. The van der Waals surface area contributed by atoms with Crippen molar-refractivity contribution in [2.24, 2.45) is 0 Å². The van der Waals surface area contributed by atoms with E-state index in [9.17, 15) is 14.7 Å². The van der Waals surface area contributed by atoms with E-state index in [1.54, 1.807) is 24.5 Å². The Kier molecular flexibility index (Phi) is 5.67. The molecule has 0 aliphatic carbocycles. The van der Waals surface area contributed by atoms with Gasteiger partial charge in [0.1, 0.15) is 5.56 Å². The molecule has 0 saturated carbocycles. The topological polar surface area (TPSA) is 94.3 Å². The maximum absolute atomic E-state index is 12.6. The summed E-state index contributed by atoms with van der Waals surface area (Å²) in [6, 6.07) is 5.77. The number of aryl methyl sites for hydroxylation is 1. The summed E-state index contributed by atoms with van der Waals surface area (Å²) in [6.45, 7) is 3.83. The van der Waals surface area contributed by atoms with Gasteiger partial charge >= 0.3 is 5.97 Å². The maximum Gasteiger partial charge on any atom is 0.341 e. The van der Waals surface area contributed by atoms with Crippen LogP contribution in [0.5, 0.6) is 11.8 Å². The van der Waals surface area contributed by atoms with Crippen LogP contribution >= 0.6 is 23.2 Å². The molecule has 3 aromatic rings. The van der Waals surface area contributed by atoms with Crippen LogP contribution in [0.15, 0.2) is 41.5 Å². The van der Waals surface area contributed by atoms with E-state index in [1.165, 1.54) is 24.5 Å². The highest BCUT2D eigenvalue weighted by molar-refractivity contribution is 6.42. The summed E-state index contributed by atoms with van der Waals surface area (Å²) < 4.78 is 7.37. The number of benzene rings is 1. The van der Waals surface area contributed by atoms with E-state index in [1.807, 2.05) is 0 Å². The van der Waals surface area contributed by atoms with Crippen molar-refractivity contribution in [2.75, 3.05) is 0 Å². The molecule has 0 spiro atoms. The molecule has 7 nitrogen and oxygen atoms in total. The van der Waals surface area contributed by atoms with E-state index < -0.39 is 11.4 Å². The quantitative estimate of drug-likeness (QED) is 0.656. The SMILES string of the molecule is CCn1c(Oc2nccnc2C)cc(=O)c(C(=O)O)c1-c1ccc(Cl)c(Cl)c1. The highest BCUT2D eigenvalue weighted by atomic mass is 35.5. The van der Waals surface area contributed by atoms with Crippen molar-refractivity contribution in [1.29, 1.82) is 0 Å². The van der Waals surface area contributed by atoms with E-state index in [0.717, 1.165) is 6.07 Å². The zero-order valence-electron chi connectivity index (χ0n) is 14.9. The second kappa shape index (κ2) is 8.00. The van der Waals surface area contributed by atoms with Crippen LogP contribution in [0.4, 0.5) is 0 Å². The molecule has 2 heterocycles. The van der Waals surface area contributed by atoms with Crippen molar-refractivity contribution >= 4 is 29.2 Å². The van der Waals surface area contributed by atoms with E-state index >= 15 is 0 Å². The van der Waals surface area contributed by atoms with Crippen LogP contribution in [-0.2, 0) is 6.54 Å². The Labute approximate surface area is 170 Å². The molecule has 144 valence electrons. The lowest BCUT2D eigenvalue weighted by Crippen LogP contribution is -2.21. The molecule has 0 fully saturated rings. The minimum absolute atomic E-state index is 0.141. The third-order valence-corrected chi connectivity index (χ3v) is 4.77. The van der Waals surface area contributed by atoms with Gasteiger partial charge in [-0.2, -0.15) is 0 Å². The molecule has 0 bridgehead atoms. The minimum atomic E-state index is -1.35. The Balaban J connectivity index is 2.30. The number of pyridine rings is 1. The number of rotatable bonds is 5. The fraction of sp³-hybridized carbons (Fsp3) is 0.158. The average molecular weight is 420 g/mol. The Bertz CT molecular complexity index is 1130. The molecule has 9 heteroatoms. The summed E-state index contributed by atoms with van der Waals surface area (Å²) in [5, 5.41) is 10.2. The van der Waals surface area contributed by atoms with Crippen LogP contribution in [-0.4, -0.2) is 25.6 Å². The van der Waals surface area contributed by atoms with Gasteiger partial charge in [-0.25, -0.2) is 9.78 Å². The molecule has 3 rings (SSSR count). The molecular weight excluding hydrogens is 405 g/mol. The lowest BCUT2D eigenvalue weighted by atomic mass is 10.0. The number of halogens is 2. The zero-order chi connectivity index (χ0) is 20.4. The number of aromatic nitrogens is 3. The van der Waals surface area contributed by atoms with Crippen molar-refractivity contribution < 1.29 is 14.6 Å². The second-order valence-corrected chi connectivity index (χ2v) is 6.61. The summed E-state index contributed by atoms with van der Waals surface area (Å²) in [5.74, 6) is -0.995. The third kappa shape index (κ3) is 3.72. The minimum Gasteiger partial charge on any atom is -0.477 e. The lowest BCUT2D eigenvalue weighted by molar-refractivity contribution is 0.0695. The first-order chi connectivity index (χ1) is 13.3. The van der Waals surface area contributed by atoms with Gasteiger partial charge < -0.3 is 14.4 Å². The van der Waals surface area contributed by atoms with Crippen molar-refractivity contribution in [3.63, 3.8) is 0 Å². The normalized spacial score (nSPS) is 10.7. The first-order valence-electron chi connectivity index (χ1n) is 8.25. The predicted molar refractivity (Wildman–Crippen MR) is 106 cm³/mol. The van der Waals surface area contributed by atoms with Gasteiger partial charge in [0.15, 0.2) is 0 Å². The van der Waals surface area contributed by atoms with Gasteiger partial charge in [0, 0.05) is 30.6 Å². The molecule has 0 aliphatic rings. The van der Waals surface area contributed by atoms with Gasteiger partial charge in [-0.1, -0.05) is 29.3 Å². The van der Waals surface area contributed by atoms with Crippen LogP contribution in [0.25, 0.3) is 11.3 Å². The first-order valence-corrected chi connectivity index (χ1v) is 9.01. The molecule has 0 radical (unpaired) electrons. The molecule has 0 aliphatic heterocycles. The Hall–Kier alpha value is -2.90. The number of nitrogens with zero attached hydrogens (tertiary/aromatic N) is 3. The van der Waals surface area contributed by atoms with Gasteiger partial charge in [0.25, 0.3) is 0 Å². The summed E-state index contributed by atoms with van der Waals surface area (Å²) in [5.41, 5.74) is 0.0268. The van der Waals surface area contributed by atoms with Crippen molar-refractivity contribution in [1.82, 2.24) is 14.5 Å². The van der Waals surface area contributed by atoms with Gasteiger partial charge in [-0.05, 0) is 26.0 Å². The summed E-state index contributed by atoms with van der Waals surface area (Å²) in [6.07, 6.45) is 2.98. The van der Waals surface area contributed by atoms with Crippen molar-refractivity contribution in [2.45, 2.75) is 20.4 Å². The number of hydrogen-bond donors (Lipinski definition) is 1. The molecule has 0 saturated heterocycles. The van der Waals surface area contributed by atoms with Crippen LogP contribution in [0, 0.1) is 6.92 Å². The van der Waals surface area contributed by atoms with E-state index in [2.05, 4.69) is 9.97 Å². The van der Waals surface area contributed by atoms with Crippen molar-refractivity contribution in [3.05, 3.63) is 68.2 Å². The highest BCUT2D eigenvalue weighted by Gasteiger charge is 2.23. The highest BCUT2D eigenvalue weighted by Crippen LogP contribution is 2.33. The molecule has 0 unspecified atom stereocenters. The van der Waals surface area contributed by atoms with Gasteiger partial charge in [-0.3, -0.25) is 9.78 Å². The van der Waals surface area contributed by atoms with Crippen LogP contribution < -0.4 is 10.2 Å². The first kappa shape index (κ1) is 19.9. The van der Waals surface area contributed by atoms with Gasteiger partial charge in [-0.15, -0.1) is 0 Å². The van der Waals surface area contributed by atoms with Crippen LogP contribution in [0.1, 0.15) is 23.0 Å².